The van der Waals surface area contributed by atoms with Gasteiger partial charge in [0, 0.05) is 19.2 Å². The molecule has 0 bridgehead atoms. The van der Waals surface area contributed by atoms with Crippen molar-refractivity contribution < 1.29 is 12.8 Å². The highest BCUT2D eigenvalue weighted by Crippen LogP contribution is 2.31. The molecule has 0 spiro atoms. The fourth-order valence-corrected chi connectivity index (χ4v) is 5.29. The van der Waals surface area contributed by atoms with Crippen molar-refractivity contribution in [2.45, 2.75) is 31.2 Å². The Bertz CT molecular complexity index is 752. The van der Waals surface area contributed by atoms with Gasteiger partial charge in [0.1, 0.15) is 16.4 Å². The van der Waals surface area contributed by atoms with E-state index in [0.717, 1.165) is 9.35 Å². The summed E-state index contributed by atoms with van der Waals surface area (Å²) in [5, 5.41) is 1.92. The first-order valence-corrected chi connectivity index (χ1v) is 9.76. The number of alkyl halides is 1. The molecule has 2 aromatic heterocycles. The van der Waals surface area contributed by atoms with Gasteiger partial charge in [-0.2, -0.15) is 4.31 Å². The van der Waals surface area contributed by atoms with Gasteiger partial charge in [-0.1, -0.05) is 0 Å². The molecule has 0 aliphatic carbocycles. The van der Waals surface area contributed by atoms with Crippen molar-refractivity contribution in [2.75, 3.05) is 7.05 Å². The molecule has 0 atom stereocenters. The quantitative estimate of drug-likeness (QED) is 0.689. The predicted molar refractivity (Wildman–Crippen MR) is 88.4 cm³/mol. The molecule has 2 aromatic rings. The zero-order valence-electron chi connectivity index (χ0n) is 11.8. The van der Waals surface area contributed by atoms with E-state index >= 15 is 0 Å². The summed E-state index contributed by atoms with van der Waals surface area (Å²) in [6, 6.07) is 1.91. The highest BCUT2D eigenvalue weighted by Gasteiger charge is 2.30. The summed E-state index contributed by atoms with van der Waals surface area (Å²) in [5.74, 6) is 1.03. The van der Waals surface area contributed by atoms with Gasteiger partial charge >= 0.3 is 0 Å². The number of halogens is 2. The molecule has 0 amide bonds. The SMILES string of the molecule is Cc1oc(C)c(S(=O)(=O)N(C)Cc2csc(Br)c2)c1CCl. The van der Waals surface area contributed by atoms with E-state index in [9.17, 15) is 8.42 Å². The molecule has 2 heterocycles. The monoisotopic (exact) mass is 411 g/mol. The fraction of sp³-hybridized carbons (Fsp3) is 0.385. The van der Waals surface area contributed by atoms with Crippen LogP contribution in [0.2, 0.25) is 0 Å². The van der Waals surface area contributed by atoms with Crippen LogP contribution in [0.15, 0.2) is 24.5 Å². The van der Waals surface area contributed by atoms with E-state index in [0.29, 0.717) is 23.6 Å². The Morgan fingerprint density at radius 2 is 2.05 bits per heavy atom. The maximum absolute atomic E-state index is 12.8. The van der Waals surface area contributed by atoms with Crippen LogP contribution < -0.4 is 0 Å². The smallest absolute Gasteiger partial charge is 0.246 e. The molecule has 0 aliphatic rings. The molecule has 0 saturated carbocycles. The minimum atomic E-state index is -3.64. The van der Waals surface area contributed by atoms with E-state index in [1.807, 2.05) is 11.4 Å². The fourth-order valence-electron chi connectivity index (χ4n) is 2.13. The Hall–Kier alpha value is -0.340. The normalized spacial score (nSPS) is 12.3. The van der Waals surface area contributed by atoms with E-state index in [4.69, 9.17) is 16.0 Å². The van der Waals surface area contributed by atoms with Crippen molar-refractivity contribution in [3.8, 4) is 0 Å². The molecule has 0 fully saturated rings. The van der Waals surface area contributed by atoms with Crippen LogP contribution in [-0.4, -0.2) is 19.8 Å². The molecular weight excluding hydrogens is 398 g/mol. The highest BCUT2D eigenvalue weighted by atomic mass is 79.9. The van der Waals surface area contributed by atoms with E-state index in [1.54, 1.807) is 20.9 Å². The van der Waals surface area contributed by atoms with Gasteiger partial charge in [-0.15, -0.1) is 22.9 Å². The predicted octanol–water partition coefficient (Wildman–Crippen LogP) is 4.28. The maximum Gasteiger partial charge on any atom is 0.246 e. The topological polar surface area (TPSA) is 50.5 Å². The van der Waals surface area contributed by atoms with Crippen LogP contribution in [-0.2, 0) is 22.4 Å². The average Bonchev–Trinajstić information content (AvgIpc) is 2.92. The minimum Gasteiger partial charge on any atom is -0.465 e. The van der Waals surface area contributed by atoms with Gasteiger partial charge in [0.05, 0.1) is 9.67 Å². The molecule has 8 heteroatoms. The van der Waals surface area contributed by atoms with Crippen molar-refractivity contribution >= 4 is 48.9 Å². The Morgan fingerprint density at radius 1 is 1.38 bits per heavy atom. The van der Waals surface area contributed by atoms with E-state index in [2.05, 4.69) is 15.9 Å². The standard InChI is InChI=1S/C13H15BrClNO3S2/c1-8-11(5-15)13(9(2)19-8)21(17,18)16(3)6-10-4-12(14)20-7-10/h4,7H,5-6H2,1-3H3. The van der Waals surface area contributed by atoms with Crippen molar-refractivity contribution in [1.82, 2.24) is 4.31 Å². The van der Waals surface area contributed by atoms with Crippen LogP contribution in [0.4, 0.5) is 0 Å². The largest absolute Gasteiger partial charge is 0.465 e. The van der Waals surface area contributed by atoms with E-state index in [1.165, 1.54) is 15.6 Å². The van der Waals surface area contributed by atoms with Crippen molar-refractivity contribution in [1.29, 1.82) is 0 Å². The summed E-state index contributed by atoms with van der Waals surface area (Å²) in [6.45, 7) is 3.67. The van der Waals surface area contributed by atoms with Crippen LogP contribution in [0, 0.1) is 13.8 Å². The van der Waals surface area contributed by atoms with Gasteiger partial charge in [-0.3, -0.25) is 0 Å². The Balaban J connectivity index is 2.37. The third kappa shape index (κ3) is 3.37. The molecule has 0 unspecified atom stereocenters. The molecule has 0 saturated heterocycles. The average molecular weight is 413 g/mol. The summed E-state index contributed by atoms with van der Waals surface area (Å²) in [4.78, 5) is 0.187. The first kappa shape index (κ1) is 17.0. The number of thiophene rings is 1. The van der Waals surface area contributed by atoms with Crippen LogP contribution >= 0.6 is 38.9 Å². The van der Waals surface area contributed by atoms with Gasteiger partial charge in [0.15, 0.2) is 0 Å². The second-order valence-corrected chi connectivity index (χ2v) is 9.22. The highest BCUT2D eigenvalue weighted by molar-refractivity contribution is 9.11. The molecule has 2 rings (SSSR count). The second-order valence-electron chi connectivity index (χ2n) is 4.68. The van der Waals surface area contributed by atoms with E-state index in [-0.39, 0.29) is 10.8 Å². The lowest BCUT2D eigenvalue weighted by Gasteiger charge is -2.17. The lowest BCUT2D eigenvalue weighted by atomic mass is 10.3. The van der Waals surface area contributed by atoms with Gasteiger partial charge in [-0.05, 0) is 46.8 Å². The summed E-state index contributed by atoms with van der Waals surface area (Å²) < 4.78 is 33.2. The molecule has 0 aromatic carbocycles. The number of hydrogen-bond acceptors (Lipinski definition) is 4. The Kier molecular flexibility index (Phi) is 5.20. The van der Waals surface area contributed by atoms with Gasteiger partial charge < -0.3 is 4.42 Å². The number of hydrogen-bond donors (Lipinski definition) is 0. The lowest BCUT2D eigenvalue weighted by molar-refractivity contribution is 0.460. The van der Waals surface area contributed by atoms with Crippen molar-refractivity contribution in [3.63, 3.8) is 0 Å². The molecule has 0 radical (unpaired) electrons. The molecule has 21 heavy (non-hydrogen) atoms. The number of nitrogens with zero attached hydrogens (tertiary/aromatic N) is 1. The minimum absolute atomic E-state index is 0.107. The number of aryl methyl sites for hydroxylation is 2. The first-order valence-electron chi connectivity index (χ1n) is 6.11. The van der Waals surface area contributed by atoms with Crippen molar-refractivity contribution in [3.05, 3.63) is 37.9 Å². The maximum atomic E-state index is 12.8. The third-order valence-electron chi connectivity index (χ3n) is 3.15. The van der Waals surface area contributed by atoms with Crippen molar-refractivity contribution in [2.24, 2.45) is 0 Å². The van der Waals surface area contributed by atoms with Gasteiger partial charge in [0.25, 0.3) is 0 Å². The van der Waals surface area contributed by atoms with E-state index < -0.39 is 10.0 Å². The summed E-state index contributed by atoms with van der Waals surface area (Å²) in [7, 11) is -2.08. The number of rotatable bonds is 5. The third-order valence-corrected chi connectivity index (χ3v) is 6.97. The Morgan fingerprint density at radius 3 is 2.57 bits per heavy atom. The second kappa shape index (κ2) is 6.42. The molecule has 0 aliphatic heterocycles. The lowest BCUT2D eigenvalue weighted by Crippen LogP contribution is -2.27. The Labute approximate surface area is 141 Å². The zero-order chi connectivity index (χ0) is 15.8. The van der Waals surface area contributed by atoms with Gasteiger partial charge in [-0.25, -0.2) is 8.42 Å². The van der Waals surface area contributed by atoms with Crippen LogP contribution in [0.1, 0.15) is 22.6 Å². The summed E-state index contributed by atoms with van der Waals surface area (Å²) >= 11 is 10.8. The molecule has 4 nitrogen and oxygen atoms in total. The number of furan rings is 1. The summed E-state index contributed by atoms with van der Waals surface area (Å²) in [6.07, 6.45) is 0. The zero-order valence-corrected chi connectivity index (χ0v) is 15.8. The number of sulfonamides is 1. The van der Waals surface area contributed by atoms with Crippen LogP contribution in [0.3, 0.4) is 0 Å². The molecular formula is C13H15BrClNO3S2. The van der Waals surface area contributed by atoms with Crippen LogP contribution in [0.25, 0.3) is 0 Å². The van der Waals surface area contributed by atoms with Crippen LogP contribution in [0.5, 0.6) is 0 Å². The molecule has 0 N–H and O–H groups in total. The summed E-state index contributed by atoms with van der Waals surface area (Å²) in [5.41, 5.74) is 1.47. The van der Waals surface area contributed by atoms with Gasteiger partial charge in [0.2, 0.25) is 10.0 Å². The first-order chi connectivity index (χ1) is 9.77. The molecule has 116 valence electrons.